The molecule has 3 aliphatic heterocycles. The van der Waals surface area contributed by atoms with E-state index in [9.17, 15) is 0 Å². The van der Waals surface area contributed by atoms with E-state index in [1.165, 1.54) is 31.6 Å². The molecular weight excluding hydrogens is 198 g/mol. The quantitative estimate of drug-likeness (QED) is 0.649. The number of ether oxygens (including phenoxy) is 1. The summed E-state index contributed by atoms with van der Waals surface area (Å²) in [5.74, 6) is 1.63. The maximum absolute atomic E-state index is 5.94. The van der Waals surface area contributed by atoms with Crippen molar-refractivity contribution in [2.24, 2.45) is 10.3 Å². The molecule has 4 unspecified atom stereocenters. The molecule has 2 fully saturated rings. The first-order valence-corrected chi connectivity index (χ1v) is 5.98. The second kappa shape index (κ2) is 3.40. The Morgan fingerprint density at radius 2 is 2.50 bits per heavy atom. The summed E-state index contributed by atoms with van der Waals surface area (Å²) in [5.41, 5.74) is 0. The molecule has 5 heteroatoms. The van der Waals surface area contributed by atoms with E-state index in [0.717, 1.165) is 18.4 Å². The topological polar surface area (TPSA) is 36.9 Å². The van der Waals surface area contributed by atoms with Crippen molar-refractivity contribution in [1.29, 1.82) is 0 Å². The highest BCUT2D eigenvalue weighted by atomic mass is 32.2. The van der Waals surface area contributed by atoms with Crippen LogP contribution in [0.2, 0.25) is 0 Å². The van der Waals surface area contributed by atoms with Crippen LogP contribution in [0.5, 0.6) is 0 Å². The molecular formula is C9H15N3OS. The number of piperidine rings is 1. The highest BCUT2D eigenvalue weighted by molar-refractivity contribution is 7.96. The summed E-state index contributed by atoms with van der Waals surface area (Å²) in [7, 11) is 0. The van der Waals surface area contributed by atoms with Gasteiger partial charge in [0.2, 0.25) is 5.90 Å². The number of rotatable bonds is 1. The maximum atomic E-state index is 5.94. The molecule has 3 aliphatic rings. The van der Waals surface area contributed by atoms with Crippen LogP contribution in [0.25, 0.3) is 0 Å². The molecule has 3 rings (SSSR count). The van der Waals surface area contributed by atoms with Gasteiger partial charge in [-0.05, 0) is 19.9 Å². The Balaban J connectivity index is 1.63. The zero-order valence-electron chi connectivity index (χ0n) is 8.27. The van der Waals surface area contributed by atoms with Gasteiger partial charge in [-0.1, -0.05) is 0 Å². The van der Waals surface area contributed by atoms with Crippen LogP contribution in [-0.2, 0) is 4.74 Å². The summed E-state index contributed by atoms with van der Waals surface area (Å²) in [5, 5.41) is 0. The fourth-order valence-electron chi connectivity index (χ4n) is 2.43. The molecule has 0 aromatic rings. The first-order chi connectivity index (χ1) is 6.83. The smallest absolute Gasteiger partial charge is 0.214 e. The third-order valence-electron chi connectivity index (χ3n) is 3.28. The lowest BCUT2D eigenvalue weighted by molar-refractivity contribution is 0.125. The Hall–Kier alpha value is -0.260. The van der Waals surface area contributed by atoms with E-state index < -0.39 is 0 Å². The van der Waals surface area contributed by atoms with Crippen molar-refractivity contribution < 1.29 is 4.74 Å². The number of nitrogens with one attached hydrogen (secondary N) is 1. The van der Waals surface area contributed by atoms with Crippen molar-refractivity contribution in [1.82, 2.24) is 9.62 Å². The zero-order chi connectivity index (χ0) is 9.54. The molecule has 3 heterocycles. The lowest BCUT2D eigenvalue weighted by Gasteiger charge is -2.23. The van der Waals surface area contributed by atoms with Crippen LogP contribution in [0.15, 0.2) is 4.40 Å². The SMILES string of the molecule is CC1NSN=C1OC1CN2CCC1C2. The van der Waals surface area contributed by atoms with Gasteiger partial charge in [0.25, 0.3) is 0 Å². The number of hydrogen-bond acceptors (Lipinski definition) is 5. The van der Waals surface area contributed by atoms with Gasteiger partial charge >= 0.3 is 0 Å². The second-order valence-electron chi connectivity index (χ2n) is 4.32. The minimum Gasteiger partial charge on any atom is -0.474 e. The van der Waals surface area contributed by atoms with Crippen molar-refractivity contribution in [3.05, 3.63) is 0 Å². The molecule has 14 heavy (non-hydrogen) atoms. The number of fused-ring (bicyclic) bond motifs is 2. The van der Waals surface area contributed by atoms with Crippen LogP contribution in [0.3, 0.4) is 0 Å². The Morgan fingerprint density at radius 1 is 1.57 bits per heavy atom. The fraction of sp³-hybridized carbons (Fsp3) is 0.889. The molecule has 1 N–H and O–H groups in total. The van der Waals surface area contributed by atoms with Crippen LogP contribution in [0.1, 0.15) is 13.3 Å². The average Bonchev–Trinajstić information content (AvgIpc) is 2.83. The Morgan fingerprint density at radius 3 is 3.07 bits per heavy atom. The molecule has 0 saturated carbocycles. The van der Waals surface area contributed by atoms with Gasteiger partial charge in [-0.2, -0.15) is 4.40 Å². The van der Waals surface area contributed by atoms with Crippen molar-refractivity contribution in [3.63, 3.8) is 0 Å². The van der Waals surface area contributed by atoms with Gasteiger partial charge < -0.3 is 4.74 Å². The summed E-state index contributed by atoms with van der Waals surface area (Å²) in [6.07, 6.45) is 1.69. The van der Waals surface area contributed by atoms with E-state index >= 15 is 0 Å². The maximum Gasteiger partial charge on any atom is 0.214 e. The van der Waals surface area contributed by atoms with Crippen LogP contribution in [0, 0.1) is 5.92 Å². The van der Waals surface area contributed by atoms with Gasteiger partial charge in [0.15, 0.2) is 0 Å². The molecule has 78 valence electrons. The highest BCUT2D eigenvalue weighted by Gasteiger charge is 2.40. The molecule has 4 nitrogen and oxygen atoms in total. The van der Waals surface area contributed by atoms with Gasteiger partial charge in [0, 0.05) is 19.0 Å². The normalized spacial score (nSPS) is 45.6. The van der Waals surface area contributed by atoms with Crippen molar-refractivity contribution in [2.45, 2.75) is 25.5 Å². The van der Waals surface area contributed by atoms with E-state index in [4.69, 9.17) is 4.74 Å². The predicted octanol–water partition coefficient (Wildman–Crippen LogP) is 0.660. The largest absolute Gasteiger partial charge is 0.474 e. The van der Waals surface area contributed by atoms with Crippen LogP contribution >= 0.6 is 12.1 Å². The first kappa shape index (κ1) is 9.00. The van der Waals surface area contributed by atoms with E-state index in [-0.39, 0.29) is 6.04 Å². The Bertz CT molecular complexity index is 271. The van der Waals surface area contributed by atoms with Crippen molar-refractivity contribution >= 4 is 18.0 Å². The average molecular weight is 213 g/mol. The molecule has 0 spiro atoms. The third-order valence-corrected chi connectivity index (χ3v) is 4.01. The van der Waals surface area contributed by atoms with Crippen molar-refractivity contribution in [3.8, 4) is 0 Å². The van der Waals surface area contributed by atoms with Gasteiger partial charge in [0.1, 0.15) is 6.10 Å². The van der Waals surface area contributed by atoms with Gasteiger partial charge in [0.05, 0.1) is 18.2 Å². The molecule has 0 aromatic heterocycles. The second-order valence-corrected chi connectivity index (χ2v) is 4.93. The lowest BCUT2D eigenvalue weighted by Crippen LogP contribution is -2.35. The molecule has 2 saturated heterocycles. The van der Waals surface area contributed by atoms with Gasteiger partial charge in [-0.3, -0.25) is 4.90 Å². The highest BCUT2D eigenvalue weighted by Crippen LogP contribution is 2.30. The van der Waals surface area contributed by atoms with Crippen molar-refractivity contribution in [2.75, 3.05) is 19.6 Å². The predicted molar refractivity (Wildman–Crippen MR) is 57.0 cm³/mol. The fourth-order valence-corrected chi connectivity index (χ4v) is 3.03. The molecule has 0 aliphatic carbocycles. The molecule has 0 amide bonds. The number of nitrogens with zero attached hydrogens (tertiary/aromatic N) is 2. The molecule has 4 atom stereocenters. The molecule has 0 aromatic carbocycles. The summed E-state index contributed by atoms with van der Waals surface area (Å²) >= 11 is 1.39. The third kappa shape index (κ3) is 1.43. The Kier molecular flexibility index (Phi) is 2.18. The number of hydrogen-bond donors (Lipinski definition) is 1. The van der Waals surface area contributed by atoms with Crippen LogP contribution in [0.4, 0.5) is 0 Å². The zero-order valence-corrected chi connectivity index (χ0v) is 9.09. The summed E-state index contributed by atoms with van der Waals surface area (Å²) < 4.78 is 13.4. The van der Waals surface area contributed by atoms with E-state index in [1.54, 1.807) is 0 Å². The monoisotopic (exact) mass is 213 g/mol. The minimum atomic E-state index is 0.272. The van der Waals surface area contributed by atoms with Crippen LogP contribution in [-0.4, -0.2) is 42.6 Å². The standard InChI is InChI=1S/C9H15N3OS/c1-6-9(11-14-10-6)13-8-5-12-3-2-7(8)4-12/h6-8,10H,2-5H2,1H3. The van der Waals surface area contributed by atoms with E-state index in [0.29, 0.717) is 6.10 Å². The molecule has 2 bridgehead atoms. The van der Waals surface area contributed by atoms with Crippen LogP contribution < -0.4 is 4.72 Å². The lowest BCUT2D eigenvalue weighted by atomic mass is 10.0. The minimum absolute atomic E-state index is 0.272. The van der Waals surface area contributed by atoms with Gasteiger partial charge in [-0.25, -0.2) is 4.72 Å². The summed E-state index contributed by atoms with van der Waals surface area (Å²) in [6, 6.07) is 0.272. The Labute approximate surface area is 88.4 Å². The summed E-state index contributed by atoms with van der Waals surface area (Å²) in [4.78, 5) is 2.48. The van der Waals surface area contributed by atoms with E-state index in [1.807, 2.05) is 0 Å². The molecule has 0 radical (unpaired) electrons. The van der Waals surface area contributed by atoms with E-state index in [2.05, 4.69) is 20.9 Å². The van der Waals surface area contributed by atoms with Gasteiger partial charge in [-0.15, -0.1) is 0 Å². The summed E-state index contributed by atoms with van der Waals surface area (Å²) in [6.45, 7) is 5.68. The first-order valence-electron chi connectivity index (χ1n) is 5.21.